The summed E-state index contributed by atoms with van der Waals surface area (Å²) in [5.74, 6) is -0.473. The van der Waals surface area contributed by atoms with Gasteiger partial charge in [0.05, 0.1) is 7.11 Å². The SMILES string of the molecule is CCn1nccc1C(=O)N[C@H](C(=O)OC)C1CCCCCC1. The van der Waals surface area contributed by atoms with Gasteiger partial charge in [-0.05, 0) is 31.7 Å². The minimum Gasteiger partial charge on any atom is -0.467 e. The zero-order valence-corrected chi connectivity index (χ0v) is 13.4. The van der Waals surface area contributed by atoms with E-state index in [1.54, 1.807) is 16.9 Å². The predicted molar refractivity (Wildman–Crippen MR) is 82.4 cm³/mol. The Morgan fingerprint density at radius 3 is 2.64 bits per heavy atom. The molecule has 22 heavy (non-hydrogen) atoms. The molecule has 1 fully saturated rings. The molecule has 1 atom stereocenters. The molecule has 0 aromatic carbocycles. The fraction of sp³-hybridized carbons (Fsp3) is 0.688. The summed E-state index contributed by atoms with van der Waals surface area (Å²) in [7, 11) is 1.37. The normalized spacial score (nSPS) is 17.5. The third-order valence-corrected chi connectivity index (χ3v) is 4.36. The molecule has 0 aliphatic heterocycles. The minimum absolute atomic E-state index is 0.150. The first kappa shape index (κ1) is 16.5. The number of nitrogens with one attached hydrogen (secondary N) is 1. The van der Waals surface area contributed by atoms with Crippen LogP contribution in [0.1, 0.15) is 55.9 Å². The molecule has 0 spiro atoms. The molecule has 1 aliphatic rings. The number of hydrogen-bond donors (Lipinski definition) is 1. The summed E-state index contributed by atoms with van der Waals surface area (Å²) in [6, 6.07) is 1.09. The predicted octanol–water partition coefficient (Wildman–Crippen LogP) is 2.14. The van der Waals surface area contributed by atoms with E-state index in [1.165, 1.54) is 20.0 Å². The highest BCUT2D eigenvalue weighted by atomic mass is 16.5. The van der Waals surface area contributed by atoms with E-state index >= 15 is 0 Å². The maximum atomic E-state index is 12.5. The molecule has 0 radical (unpaired) electrons. The van der Waals surface area contributed by atoms with Crippen LogP contribution in [0.5, 0.6) is 0 Å². The van der Waals surface area contributed by atoms with Gasteiger partial charge in [-0.15, -0.1) is 0 Å². The zero-order valence-electron chi connectivity index (χ0n) is 13.4. The number of rotatable bonds is 5. The molecule has 1 aliphatic carbocycles. The lowest BCUT2D eigenvalue weighted by molar-refractivity contribution is -0.144. The quantitative estimate of drug-likeness (QED) is 0.668. The maximum absolute atomic E-state index is 12.5. The number of carbonyl (C=O) groups is 2. The number of hydrogen-bond acceptors (Lipinski definition) is 4. The summed E-state index contributed by atoms with van der Waals surface area (Å²) >= 11 is 0. The van der Waals surface area contributed by atoms with E-state index in [0.29, 0.717) is 12.2 Å². The Morgan fingerprint density at radius 1 is 1.36 bits per heavy atom. The summed E-state index contributed by atoms with van der Waals surface area (Å²) in [4.78, 5) is 24.6. The largest absolute Gasteiger partial charge is 0.467 e. The first-order chi connectivity index (χ1) is 10.7. The highest BCUT2D eigenvalue weighted by Gasteiger charge is 2.31. The minimum atomic E-state index is -0.573. The third-order valence-electron chi connectivity index (χ3n) is 4.36. The van der Waals surface area contributed by atoms with Gasteiger partial charge in [0.25, 0.3) is 5.91 Å². The molecule has 0 unspecified atom stereocenters. The molecule has 1 amide bonds. The number of methoxy groups -OCH3 is 1. The van der Waals surface area contributed by atoms with Crippen LogP contribution in [0.4, 0.5) is 0 Å². The van der Waals surface area contributed by atoms with Gasteiger partial charge < -0.3 is 10.1 Å². The molecular weight excluding hydrogens is 282 g/mol. The number of aromatic nitrogens is 2. The van der Waals surface area contributed by atoms with Crippen molar-refractivity contribution in [3.05, 3.63) is 18.0 Å². The van der Waals surface area contributed by atoms with Gasteiger partial charge in [0.15, 0.2) is 0 Å². The molecular formula is C16H25N3O3. The summed E-state index contributed by atoms with van der Waals surface area (Å²) in [5.41, 5.74) is 0.477. The van der Waals surface area contributed by atoms with E-state index in [-0.39, 0.29) is 17.8 Å². The topological polar surface area (TPSA) is 73.2 Å². The maximum Gasteiger partial charge on any atom is 0.328 e. The second-order valence-corrected chi connectivity index (χ2v) is 5.76. The standard InChI is InChI=1S/C16H25N3O3/c1-3-19-13(10-11-17-19)15(20)18-14(16(21)22-2)12-8-6-4-5-7-9-12/h10-12,14H,3-9H2,1-2H3,(H,18,20)/t14-/m0/s1. The van der Waals surface area contributed by atoms with Crippen molar-refractivity contribution in [1.82, 2.24) is 15.1 Å². The number of ether oxygens (including phenoxy) is 1. The Morgan fingerprint density at radius 2 is 2.05 bits per heavy atom. The van der Waals surface area contributed by atoms with Crippen molar-refractivity contribution in [2.75, 3.05) is 7.11 Å². The lowest BCUT2D eigenvalue weighted by Crippen LogP contribution is -2.47. The Balaban J connectivity index is 2.12. The van der Waals surface area contributed by atoms with Crippen LogP contribution < -0.4 is 5.32 Å². The highest BCUT2D eigenvalue weighted by molar-refractivity contribution is 5.95. The van der Waals surface area contributed by atoms with Gasteiger partial charge in [-0.25, -0.2) is 4.79 Å². The van der Waals surface area contributed by atoms with E-state index in [4.69, 9.17) is 4.74 Å². The van der Waals surface area contributed by atoms with Crippen LogP contribution in [0.2, 0.25) is 0 Å². The van der Waals surface area contributed by atoms with E-state index in [2.05, 4.69) is 10.4 Å². The molecule has 1 aromatic rings. The van der Waals surface area contributed by atoms with Gasteiger partial charge in [0, 0.05) is 12.7 Å². The van der Waals surface area contributed by atoms with Gasteiger partial charge in [-0.1, -0.05) is 25.7 Å². The molecule has 0 bridgehead atoms. The van der Waals surface area contributed by atoms with E-state index < -0.39 is 6.04 Å². The van der Waals surface area contributed by atoms with E-state index in [1.807, 2.05) is 6.92 Å². The number of esters is 1. The lowest BCUT2D eigenvalue weighted by Gasteiger charge is -2.25. The molecule has 2 rings (SSSR count). The first-order valence-corrected chi connectivity index (χ1v) is 8.07. The van der Waals surface area contributed by atoms with Crippen LogP contribution >= 0.6 is 0 Å². The zero-order chi connectivity index (χ0) is 15.9. The van der Waals surface area contributed by atoms with Crippen molar-refractivity contribution < 1.29 is 14.3 Å². The van der Waals surface area contributed by atoms with Crippen molar-refractivity contribution in [2.24, 2.45) is 5.92 Å². The first-order valence-electron chi connectivity index (χ1n) is 8.07. The Bertz CT molecular complexity index is 504. The molecule has 6 nitrogen and oxygen atoms in total. The van der Waals surface area contributed by atoms with Gasteiger partial charge in [0.2, 0.25) is 0 Å². The Hall–Kier alpha value is -1.85. The van der Waals surface area contributed by atoms with Crippen LogP contribution in [0.25, 0.3) is 0 Å². The van der Waals surface area contributed by atoms with Gasteiger partial charge in [-0.3, -0.25) is 9.48 Å². The van der Waals surface area contributed by atoms with Crippen LogP contribution in [0.3, 0.4) is 0 Å². The third kappa shape index (κ3) is 3.87. The summed E-state index contributed by atoms with van der Waals surface area (Å²) in [5, 5.41) is 6.96. The van der Waals surface area contributed by atoms with Crippen LogP contribution in [0.15, 0.2) is 12.3 Å². The van der Waals surface area contributed by atoms with Crippen molar-refractivity contribution in [3.8, 4) is 0 Å². The van der Waals surface area contributed by atoms with Crippen LogP contribution in [-0.4, -0.2) is 34.8 Å². The second kappa shape index (κ2) is 7.96. The summed E-state index contributed by atoms with van der Waals surface area (Å²) < 4.78 is 6.53. The average molecular weight is 307 g/mol. The molecule has 1 aromatic heterocycles. The molecule has 1 saturated carbocycles. The Kier molecular flexibility index (Phi) is 5.98. The van der Waals surface area contributed by atoms with Gasteiger partial charge in [0.1, 0.15) is 11.7 Å². The molecule has 122 valence electrons. The fourth-order valence-corrected chi connectivity index (χ4v) is 3.13. The molecule has 6 heteroatoms. The average Bonchev–Trinajstić information content (AvgIpc) is 2.86. The number of amides is 1. The number of aryl methyl sites for hydroxylation is 1. The van der Waals surface area contributed by atoms with Crippen LogP contribution in [-0.2, 0) is 16.1 Å². The van der Waals surface area contributed by atoms with Crippen molar-refractivity contribution >= 4 is 11.9 Å². The smallest absolute Gasteiger partial charge is 0.328 e. The molecule has 1 heterocycles. The number of nitrogens with zero attached hydrogens (tertiary/aromatic N) is 2. The lowest BCUT2D eigenvalue weighted by atomic mass is 9.91. The van der Waals surface area contributed by atoms with Crippen LogP contribution in [0, 0.1) is 5.92 Å². The summed E-state index contributed by atoms with van der Waals surface area (Å²) in [6.07, 6.45) is 8.08. The number of carbonyl (C=O) groups excluding carboxylic acids is 2. The van der Waals surface area contributed by atoms with Gasteiger partial charge in [-0.2, -0.15) is 5.10 Å². The highest BCUT2D eigenvalue weighted by Crippen LogP contribution is 2.26. The second-order valence-electron chi connectivity index (χ2n) is 5.76. The molecule has 0 saturated heterocycles. The molecule has 1 N–H and O–H groups in total. The van der Waals surface area contributed by atoms with E-state index in [0.717, 1.165) is 25.7 Å². The Labute approximate surface area is 131 Å². The fourth-order valence-electron chi connectivity index (χ4n) is 3.13. The van der Waals surface area contributed by atoms with E-state index in [9.17, 15) is 9.59 Å². The van der Waals surface area contributed by atoms with Crippen molar-refractivity contribution in [3.63, 3.8) is 0 Å². The summed E-state index contributed by atoms with van der Waals surface area (Å²) in [6.45, 7) is 2.54. The van der Waals surface area contributed by atoms with Crippen molar-refractivity contribution in [1.29, 1.82) is 0 Å². The van der Waals surface area contributed by atoms with Crippen molar-refractivity contribution in [2.45, 2.75) is 58.0 Å². The van der Waals surface area contributed by atoms with Gasteiger partial charge >= 0.3 is 5.97 Å². The monoisotopic (exact) mass is 307 g/mol.